The fourth-order valence-electron chi connectivity index (χ4n) is 0.750. The highest BCUT2D eigenvalue weighted by Crippen LogP contribution is 2.45. The third kappa shape index (κ3) is 2.24. The highest BCUT2D eigenvalue weighted by molar-refractivity contribution is 7.86. The average molecular weight is 183 g/mol. The van der Waals surface area contributed by atoms with Crippen LogP contribution in [0.3, 0.4) is 0 Å². The van der Waals surface area contributed by atoms with Gasteiger partial charge in [-0.2, -0.15) is 0 Å². The first-order valence-corrected chi connectivity index (χ1v) is 5.82. The van der Waals surface area contributed by atoms with Crippen molar-refractivity contribution in [2.24, 2.45) is 5.41 Å². The second-order valence-corrected chi connectivity index (χ2v) is 6.49. The van der Waals surface area contributed by atoms with Crippen LogP contribution < -0.4 is 10.2 Å². The van der Waals surface area contributed by atoms with E-state index in [1.165, 1.54) is 0 Å². The zero-order valence-corrected chi connectivity index (χ0v) is 7.80. The summed E-state index contributed by atoms with van der Waals surface area (Å²) in [5.74, 6) is 0. The fraction of sp³-hybridized carbons (Fsp3) is 1.00. The Kier molecular flexibility index (Phi) is 2.12. The molecule has 0 radical (unpaired) electrons. The first-order chi connectivity index (χ1) is 4.41. The summed E-state index contributed by atoms with van der Waals surface area (Å²) in [5, 5.41) is 5.52. The van der Waals surface area contributed by atoms with Crippen LogP contribution in [0, 0.1) is 5.41 Å². The van der Waals surface area contributed by atoms with Crippen LogP contribution in [-0.4, -0.2) is 13.1 Å². The molecular formula is C5H12ClN2OP. The predicted molar refractivity (Wildman–Crippen MR) is 43.2 cm³/mol. The van der Waals surface area contributed by atoms with Crippen LogP contribution in [0.4, 0.5) is 0 Å². The third-order valence-corrected chi connectivity index (χ3v) is 3.37. The van der Waals surface area contributed by atoms with Gasteiger partial charge < -0.3 is 0 Å². The van der Waals surface area contributed by atoms with Crippen molar-refractivity contribution in [2.75, 3.05) is 13.1 Å². The third-order valence-electron chi connectivity index (χ3n) is 1.52. The molecule has 0 atom stereocenters. The average Bonchev–Trinajstić information content (AvgIpc) is 1.79. The van der Waals surface area contributed by atoms with Gasteiger partial charge in [0.1, 0.15) is 0 Å². The van der Waals surface area contributed by atoms with Crippen molar-refractivity contribution in [2.45, 2.75) is 13.8 Å². The van der Waals surface area contributed by atoms with Gasteiger partial charge in [0.05, 0.1) is 0 Å². The second kappa shape index (κ2) is 2.49. The number of hydrogen-bond donors (Lipinski definition) is 2. The smallest absolute Gasteiger partial charge is 0.271 e. The number of hydrogen-bond acceptors (Lipinski definition) is 1. The zero-order valence-electron chi connectivity index (χ0n) is 6.15. The minimum absolute atomic E-state index is 0.156. The van der Waals surface area contributed by atoms with Gasteiger partial charge in [0.25, 0.3) is 6.80 Å². The molecule has 5 heteroatoms. The van der Waals surface area contributed by atoms with Gasteiger partial charge in [0, 0.05) is 13.1 Å². The van der Waals surface area contributed by atoms with E-state index in [0.29, 0.717) is 13.1 Å². The molecule has 0 aromatic rings. The van der Waals surface area contributed by atoms with E-state index in [4.69, 9.17) is 11.2 Å². The van der Waals surface area contributed by atoms with Gasteiger partial charge in [-0.15, -0.1) is 0 Å². The van der Waals surface area contributed by atoms with E-state index in [1.54, 1.807) is 0 Å². The second-order valence-electron chi connectivity index (χ2n) is 3.37. The lowest BCUT2D eigenvalue weighted by Crippen LogP contribution is -2.43. The minimum Gasteiger partial charge on any atom is -0.271 e. The van der Waals surface area contributed by atoms with Gasteiger partial charge in [0.15, 0.2) is 0 Å². The molecule has 1 heterocycles. The Bertz CT molecular complexity index is 168. The van der Waals surface area contributed by atoms with Gasteiger partial charge >= 0.3 is 0 Å². The Morgan fingerprint density at radius 2 is 1.80 bits per heavy atom. The summed E-state index contributed by atoms with van der Waals surface area (Å²) in [6.45, 7) is 2.90. The van der Waals surface area contributed by atoms with Crippen LogP contribution in [-0.2, 0) is 4.57 Å². The van der Waals surface area contributed by atoms with Crippen LogP contribution in [0.25, 0.3) is 0 Å². The molecule has 2 N–H and O–H groups in total. The Hall–Kier alpha value is 0.440. The van der Waals surface area contributed by atoms with Crippen molar-refractivity contribution in [1.82, 2.24) is 10.2 Å². The molecule has 0 aliphatic carbocycles. The number of rotatable bonds is 0. The Balaban J connectivity index is 2.54. The molecule has 1 aliphatic rings. The van der Waals surface area contributed by atoms with Gasteiger partial charge in [-0.3, -0.25) is 4.57 Å². The highest BCUT2D eigenvalue weighted by atomic mass is 35.7. The van der Waals surface area contributed by atoms with Crippen LogP contribution in [0.2, 0.25) is 0 Å². The van der Waals surface area contributed by atoms with Crippen molar-refractivity contribution in [1.29, 1.82) is 0 Å². The van der Waals surface area contributed by atoms with E-state index >= 15 is 0 Å². The summed E-state index contributed by atoms with van der Waals surface area (Å²) < 4.78 is 11.1. The van der Waals surface area contributed by atoms with Crippen LogP contribution in [0.1, 0.15) is 13.8 Å². The molecule has 0 amide bonds. The summed E-state index contributed by atoms with van der Waals surface area (Å²) in [6, 6.07) is 0. The Labute approximate surface area is 65.8 Å². The van der Waals surface area contributed by atoms with E-state index < -0.39 is 6.80 Å². The number of nitrogens with one attached hydrogen (secondary N) is 2. The lowest BCUT2D eigenvalue weighted by Gasteiger charge is -2.33. The van der Waals surface area contributed by atoms with Gasteiger partial charge in [-0.1, -0.05) is 13.8 Å². The van der Waals surface area contributed by atoms with E-state index in [9.17, 15) is 4.57 Å². The largest absolute Gasteiger partial charge is 0.299 e. The van der Waals surface area contributed by atoms with Crippen molar-refractivity contribution in [3.63, 3.8) is 0 Å². The summed E-state index contributed by atoms with van der Waals surface area (Å²) in [4.78, 5) is 0. The molecule has 10 heavy (non-hydrogen) atoms. The standard InChI is InChI=1S/C5H12ClN2OP/c1-5(2)3-7-10(6,9)8-4-5/h3-4H2,1-2H3,(H2,7,8,9). The van der Waals surface area contributed by atoms with Crippen LogP contribution in [0.5, 0.6) is 0 Å². The van der Waals surface area contributed by atoms with Crippen molar-refractivity contribution < 1.29 is 4.57 Å². The van der Waals surface area contributed by atoms with E-state index in [-0.39, 0.29) is 5.41 Å². The maximum atomic E-state index is 11.1. The van der Waals surface area contributed by atoms with E-state index in [1.807, 2.05) is 0 Å². The summed E-state index contributed by atoms with van der Waals surface area (Å²) in [5.41, 5.74) is 0.156. The lowest BCUT2D eigenvalue weighted by molar-refractivity contribution is 0.342. The molecule has 0 saturated carbocycles. The van der Waals surface area contributed by atoms with Crippen molar-refractivity contribution in [3.8, 4) is 0 Å². The van der Waals surface area contributed by atoms with Crippen LogP contribution >= 0.6 is 18.0 Å². The zero-order chi connectivity index (χ0) is 7.83. The molecule has 60 valence electrons. The first-order valence-electron chi connectivity index (χ1n) is 3.21. The molecule has 1 saturated heterocycles. The van der Waals surface area contributed by atoms with E-state index in [0.717, 1.165) is 0 Å². The first kappa shape index (κ1) is 8.54. The Morgan fingerprint density at radius 3 is 2.10 bits per heavy atom. The molecule has 0 aromatic carbocycles. The molecule has 0 bridgehead atoms. The Morgan fingerprint density at radius 1 is 1.40 bits per heavy atom. The normalized spacial score (nSPS) is 29.9. The highest BCUT2D eigenvalue weighted by Gasteiger charge is 2.30. The van der Waals surface area contributed by atoms with Crippen molar-refractivity contribution >= 4 is 18.0 Å². The predicted octanol–water partition coefficient (Wildman–Crippen LogP) is 1.55. The summed E-state index contributed by atoms with van der Waals surface area (Å²) in [7, 11) is 0. The maximum absolute atomic E-state index is 11.1. The topological polar surface area (TPSA) is 41.1 Å². The molecule has 0 spiro atoms. The molecule has 0 aromatic heterocycles. The quantitative estimate of drug-likeness (QED) is 0.559. The molecular weight excluding hydrogens is 170 g/mol. The fourth-order valence-corrected chi connectivity index (χ4v) is 2.48. The van der Waals surface area contributed by atoms with Gasteiger partial charge in [0.2, 0.25) is 0 Å². The summed E-state index contributed by atoms with van der Waals surface area (Å²) in [6.07, 6.45) is 0. The molecule has 1 rings (SSSR count). The molecule has 0 unspecified atom stereocenters. The van der Waals surface area contributed by atoms with E-state index in [2.05, 4.69) is 24.0 Å². The van der Waals surface area contributed by atoms with Gasteiger partial charge in [-0.25, -0.2) is 10.2 Å². The number of halogens is 1. The minimum atomic E-state index is -2.69. The maximum Gasteiger partial charge on any atom is 0.299 e. The molecule has 3 nitrogen and oxygen atoms in total. The van der Waals surface area contributed by atoms with Crippen LogP contribution in [0.15, 0.2) is 0 Å². The van der Waals surface area contributed by atoms with Gasteiger partial charge in [-0.05, 0) is 16.7 Å². The lowest BCUT2D eigenvalue weighted by atomic mass is 9.94. The molecule has 1 aliphatic heterocycles. The molecule has 1 fully saturated rings. The SMILES string of the molecule is CC1(C)CNP(=O)(Cl)NC1. The summed E-state index contributed by atoms with van der Waals surface area (Å²) >= 11 is 5.53. The monoisotopic (exact) mass is 182 g/mol. The van der Waals surface area contributed by atoms with Crippen molar-refractivity contribution in [3.05, 3.63) is 0 Å².